The van der Waals surface area contributed by atoms with Gasteiger partial charge in [0.1, 0.15) is 0 Å². The van der Waals surface area contributed by atoms with E-state index >= 15 is 0 Å². The number of quaternary nitrogens is 1. The van der Waals surface area contributed by atoms with Gasteiger partial charge in [-0.2, -0.15) is 0 Å². The number of hydrogen-bond donors (Lipinski definition) is 3. The van der Waals surface area contributed by atoms with E-state index in [1.807, 2.05) is 13.8 Å². The van der Waals surface area contributed by atoms with Crippen molar-refractivity contribution in [2.45, 2.75) is 32.2 Å². The Hall–Kier alpha value is -2.12. The van der Waals surface area contributed by atoms with Crippen molar-refractivity contribution in [3.8, 4) is 0 Å². The number of carbonyl (C=O) groups excluding carboxylic acids is 3. The first-order valence-electron chi connectivity index (χ1n) is 8.03. The molecule has 0 saturated carbocycles. The van der Waals surface area contributed by atoms with Gasteiger partial charge in [-0.25, -0.2) is 0 Å². The Balaban J connectivity index is 2.77. The fourth-order valence-electron chi connectivity index (χ4n) is 2.17. The second-order valence-electron chi connectivity index (χ2n) is 6.20. The number of benzene rings is 1. The molecule has 0 heterocycles. The van der Waals surface area contributed by atoms with Gasteiger partial charge in [0.25, 0.3) is 5.91 Å². The van der Waals surface area contributed by atoms with Gasteiger partial charge in [0.2, 0.25) is 5.91 Å². The molecule has 0 aliphatic carbocycles. The summed E-state index contributed by atoms with van der Waals surface area (Å²) in [4.78, 5) is 34.5. The number of carbonyl (C=O) groups is 3. The Kier molecular flexibility index (Phi) is 8.37. The van der Waals surface area contributed by atoms with Crippen LogP contribution in [-0.2, 0) is 14.4 Å². The van der Waals surface area contributed by atoms with Gasteiger partial charge in [0, 0.05) is 29.8 Å². The lowest BCUT2D eigenvalue weighted by molar-refractivity contribution is -0.414. The smallest absolute Gasteiger partial charge is 0.278 e. The molecular formula is C17H24ClN3O4. The monoisotopic (exact) mass is 369 g/mol. The maximum Gasteiger partial charge on any atom is 0.278 e. The van der Waals surface area contributed by atoms with E-state index in [1.54, 1.807) is 24.3 Å². The van der Waals surface area contributed by atoms with Crippen molar-refractivity contribution in [3.05, 3.63) is 34.9 Å². The van der Waals surface area contributed by atoms with Crippen LogP contribution < -0.4 is 21.5 Å². The van der Waals surface area contributed by atoms with E-state index < -0.39 is 24.5 Å². The number of halogens is 1. The summed E-state index contributed by atoms with van der Waals surface area (Å²) in [5, 5.41) is 16.1. The molecule has 0 fully saturated rings. The van der Waals surface area contributed by atoms with Crippen LogP contribution in [0.2, 0.25) is 5.02 Å². The average molecular weight is 370 g/mol. The Labute approximate surface area is 151 Å². The summed E-state index contributed by atoms with van der Waals surface area (Å²) in [5.74, 6) is -2.21. The molecule has 0 saturated heterocycles. The van der Waals surface area contributed by atoms with Gasteiger partial charge in [-0.05, 0) is 17.7 Å². The molecule has 7 nitrogen and oxygen atoms in total. The van der Waals surface area contributed by atoms with E-state index in [4.69, 9.17) is 11.6 Å². The predicted molar refractivity (Wildman–Crippen MR) is 91.4 cm³/mol. The number of aliphatic carboxylic acids is 1. The Morgan fingerprint density at radius 1 is 1.16 bits per heavy atom. The van der Waals surface area contributed by atoms with Crippen molar-refractivity contribution in [2.24, 2.45) is 5.92 Å². The standard InChI is InChI=1S/C17H24ClN3O4/c1-10(2)16(19)17(25)21-8-12(7-14(22)20-9-15(23)24)11-3-5-13(18)6-4-11/h3-6,10,12,16H,7-9,19H2,1-2H3,(H,20,22)(H,21,25)(H,23,24)/t12-,16-/m1/s1. The molecule has 138 valence electrons. The van der Waals surface area contributed by atoms with Gasteiger partial charge < -0.3 is 26.3 Å². The Morgan fingerprint density at radius 2 is 1.76 bits per heavy atom. The maximum atomic E-state index is 12.1. The third-order valence-electron chi connectivity index (χ3n) is 3.87. The first kappa shape index (κ1) is 20.9. The highest BCUT2D eigenvalue weighted by atomic mass is 35.5. The van der Waals surface area contributed by atoms with Crippen molar-refractivity contribution in [1.82, 2.24) is 10.6 Å². The summed E-state index contributed by atoms with van der Waals surface area (Å²) in [5.41, 5.74) is 4.65. The van der Waals surface area contributed by atoms with Crippen LogP contribution in [0.1, 0.15) is 31.7 Å². The zero-order valence-corrected chi connectivity index (χ0v) is 15.1. The summed E-state index contributed by atoms with van der Waals surface area (Å²) in [7, 11) is 0. The fourth-order valence-corrected chi connectivity index (χ4v) is 2.29. The molecule has 2 amide bonds. The predicted octanol–water partition coefficient (Wildman–Crippen LogP) is -0.937. The van der Waals surface area contributed by atoms with Crippen LogP contribution >= 0.6 is 11.6 Å². The number of rotatable bonds is 9. The molecule has 0 unspecified atom stereocenters. The van der Waals surface area contributed by atoms with Gasteiger partial charge in [-0.3, -0.25) is 9.59 Å². The van der Waals surface area contributed by atoms with Crippen molar-refractivity contribution >= 4 is 29.4 Å². The number of nitrogens with one attached hydrogen (secondary N) is 2. The molecule has 0 spiro atoms. The van der Waals surface area contributed by atoms with Gasteiger partial charge in [-0.15, -0.1) is 0 Å². The van der Waals surface area contributed by atoms with Crippen LogP contribution in [0.5, 0.6) is 0 Å². The summed E-state index contributed by atoms with van der Waals surface area (Å²) in [6.07, 6.45) is 0.0265. The topological polar surface area (TPSA) is 126 Å². The van der Waals surface area contributed by atoms with Crippen molar-refractivity contribution < 1.29 is 25.2 Å². The second kappa shape index (κ2) is 10.0. The van der Waals surface area contributed by atoms with Gasteiger partial charge in [0.05, 0.1) is 12.5 Å². The van der Waals surface area contributed by atoms with Crippen LogP contribution in [0, 0.1) is 5.92 Å². The largest absolute Gasteiger partial charge is 0.548 e. The van der Waals surface area contributed by atoms with Crippen LogP contribution in [0.3, 0.4) is 0 Å². The highest BCUT2D eigenvalue weighted by molar-refractivity contribution is 6.30. The Bertz CT molecular complexity index is 604. The highest BCUT2D eigenvalue weighted by Gasteiger charge is 2.23. The summed E-state index contributed by atoms with van der Waals surface area (Å²) in [6.45, 7) is 3.49. The fraction of sp³-hybridized carbons (Fsp3) is 0.471. The van der Waals surface area contributed by atoms with E-state index in [1.165, 1.54) is 0 Å². The number of amides is 2. The molecule has 0 bridgehead atoms. The maximum absolute atomic E-state index is 12.1. The van der Waals surface area contributed by atoms with Crippen LogP contribution in [0.25, 0.3) is 0 Å². The lowest BCUT2D eigenvalue weighted by atomic mass is 9.94. The minimum Gasteiger partial charge on any atom is -0.548 e. The van der Waals surface area contributed by atoms with E-state index in [2.05, 4.69) is 16.4 Å². The molecule has 2 atom stereocenters. The zero-order valence-electron chi connectivity index (χ0n) is 14.4. The molecule has 25 heavy (non-hydrogen) atoms. The minimum absolute atomic E-state index is 0.0265. The number of carboxylic acid groups (broad SMARTS) is 1. The number of carboxylic acids is 1. The molecule has 1 rings (SSSR count). The average Bonchev–Trinajstić information content (AvgIpc) is 2.56. The van der Waals surface area contributed by atoms with Gasteiger partial charge in [-0.1, -0.05) is 37.6 Å². The summed E-state index contributed by atoms with van der Waals surface area (Å²) in [6, 6.07) is 6.55. The second-order valence-corrected chi connectivity index (χ2v) is 6.63. The SMILES string of the molecule is CC(C)[C@@H]([NH3+])C(=O)NC[C@@H](CC(=O)NCC(=O)[O-])c1ccc(Cl)cc1. The Morgan fingerprint density at radius 3 is 2.28 bits per heavy atom. The first-order chi connectivity index (χ1) is 11.7. The molecule has 0 aliphatic rings. The van der Waals surface area contributed by atoms with Gasteiger partial charge >= 0.3 is 0 Å². The summed E-state index contributed by atoms with van der Waals surface area (Å²) < 4.78 is 0. The molecule has 0 aromatic heterocycles. The van der Waals surface area contributed by atoms with Crippen LogP contribution in [0.15, 0.2) is 24.3 Å². The van der Waals surface area contributed by atoms with Crippen molar-refractivity contribution in [2.75, 3.05) is 13.1 Å². The molecule has 0 radical (unpaired) electrons. The van der Waals surface area contributed by atoms with E-state index in [0.717, 1.165) is 5.56 Å². The molecule has 1 aromatic rings. The van der Waals surface area contributed by atoms with Crippen molar-refractivity contribution in [1.29, 1.82) is 0 Å². The van der Waals surface area contributed by atoms with Gasteiger partial charge in [0.15, 0.2) is 6.04 Å². The van der Waals surface area contributed by atoms with Crippen LogP contribution in [-0.4, -0.2) is 36.9 Å². The highest BCUT2D eigenvalue weighted by Crippen LogP contribution is 2.21. The lowest BCUT2D eigenvalue weighted by Crippen LogP contribution is -2.69. The molecule has 1 aromatic carbocycles. The molecule has 5 N–H and O–H groups in total. The molecular weight excluding hydrogens is 346 g/mol. The van der Waals surface area contributed by atoms with Crippen LogP contribution in [0.4, 0.5) is 0 Å². The lowest BCUT2D eigenvalue weighted by Gasteiger charge is -2.20. The minimum atomic E-state index is -1.36. The first-order valence-corrected chi connectivity index (χ1v) is 8.41. The number of hydrogen-bond acceptors (Lipinski definition) is 4. The summed E-state index contributed by atoms with van der Waals surface area (Å²) >= 11 is 5.88. The normalized spacial score (nSPS) is 13.2. The third-order valence-corrected chi connectivity index (χ3v) is 4.12. The van der Waals surface area contributed by atoms with E-state index in [0.29, 0.717) is 5.02 Å². The third kappa shape index (κ3) is 7.53. The van der Waals surface area contributed by atoms with Crippen molar-refractivity contribution in [3.63, 3.8) is 0 Å². The van der Waals surface area contributed by atoms with E-state index in [-0.39, 0.29) is 30.7 Å². The zero-order chi connectivity index (χ0) is 19.0. The molecule has 8 heteroatoms. The van der Waals surface area contributed by atoms with E-state index in [9.17, 15) is 19.5 Å². The molecule has 0 aliphatic heterocycles. The quantitative estimate of drug-likeness (QED) is 0.519.